The molecular formula is C8H20N2. The smallest absolute Gasteiger partial charge is 0.00532 e. The molecule has 0 aliphatic rings. The van der Waals surface area contributed by atoms with E-state index in [1.54, 1.807) is 0 Å². The second-order valence-electron chi connectivity index (χ2n) is 2.95. The summed E-state index contributed by atoms with van der Waals surface area (Å²) in [5.74, 6) is 0. The predicted octanol–water partition coefficient (Wildman–Crippen LogP) is 1.11. The molecule has 62 valence electrons. The van der Waals surface area contributed by atoms with E-state index in [0.29, 0.717) is 12.1 Å². The molecule has 0 aromatic carbocycles. The average molecular weight is 144 g/mol. The van der Waals surface area contributed by atoms with Crippen LogP contribution in [0.2, 0.25) is 0 Å². The van der Waals surface area contributed by atoms with Crippen molar-refractivity contribution in [3.8, 4) is 0 Å². The fraction of sp³-hybridized carbons (Fsp3) is 1.00. The lowest BCUT2D eigenvalue weighted by atomic mass is 10.2. The van der Waals surface area contributed by atoms with Crippen molar-refractivity contribution in [1.82, 2.24) is 5.32 Å². The standard InChI is InChI=1S/C8H20N2/c1-4-7(2)10-8(3)5-6-9/h7-8,10H,4-6,9H2,1-3H3. The van der Waals surface area contributed by atoms with Gasteiger partial charge in [-0.25, -0.2) is 0 Å². The highest BCUT2D eigenvalue weighted by atomic mass is 14.9. The van der Waals surface area contributed by atoms with E-state index >= 15 is 0 Å². The molecule has 0 radical (unpaired) electrons. The van der Waals surface area contributed by atoms with E-state index in [2.05, 4.69) is 26.1 Å². The van der Waals surface area contributed by atoms with Crippen molar-refractivity contribution >= 4 is 0 Å². The summed E-state index contributed by atoms with van der Waals surface area (Å²) < 4.78 is 0. The van der Waals surface area contributed by atoms with Gasteiger partial charge in [0.05, 0.1) is 0 Å². The van der Waals surface area contributed by atoms with E-state index in [-0.39, 0.29) is 0 Å². The third kappa shape index (κ3) is 4.77. The van der Waals surface area contributed by atoms with Crippen LogP contribution in [0.25, 0.3) is 0 Å². The maximum absolute atomic E-state index is 5.41. The Morgan fingerprint density at radius 2 is 1.90 bits per heavy atom. The Balaban J connectivity index is 3.27. The number of hydrogen-bond donors (Lipinski definition) is 2. The first-order valence-electron chi connectivity index (χ1n) is 4.16. The predicted molar refractivity (Wildman–Crippen MR) is 46.0 cm³/mol. The highest BCUT2D eigenvalue weighted by Gasteiger charge is 2.02. The topological polar surface area (TPSA) is 38.0 Å². The van der Waals surface area contributed by atoms with Crippen LogP contribution in [-0.2, 0) is 0 Å². The van der Waals surface area contributed by atoms with Crippen LogP contribution in [-0.4, -0.2) is 18.6 Å². The molecule has 0 saturated heterocycles. The molecule has 10 heavy (non-hydrogen) atoms. The maximum atomic E-state index is 5.41. The lowest BCUT2D eigenvalue weighted by Gasteiger charge is -2.17. The van der Waals surface area contributed by atoms with Gasteiger partial charge in [-0.1, -0.05) is 6.92 Å². The van der Waals surface area contributed by atoms with Gasteiger partial charge < -0.3 is 11.1 Å². The van der Waals surface area contributed by atoms with Crippen molar-refractivity contribution in [2.45, 2.75) is 45.7 Å². The molecule has 2 heteroatoms. The molecule has 0 aliphatic heterocycles. The normalized spacial score (nSPS) is 16.8. The zero-order valence-corrected chi connectivity index (χ0v) is 7.35. The van der Waals surface area contributed by atoms with E-state index in [1.807, 2.05) is 0 Å². The molecule has 0 heterocycles. The van der Waals surface area contributed by atoms with Gasteiger partial charge in [0, 0.05) is 12.1 Å². The van der Waals surface area contributed by atoms with E-state index in [4.69, 9.17) is 5.73 Å². The van der Waals surface area contributed by atoms with Gasteiger partial charge >= 0.3 is 0 Å². The zero-order chi connectivity index (χ0) is 7.98. The van der Waals surface area contributed by atoms with Crippen molar-refractivity contribution in [1.29, 1.82) is 0 Å². The second kappa shape index (κ2) is 5.69. The van der Waals surface area contributed by atoms with Crippen molar-refractivity contribution in [2.24, 2.45) is 5.73 Å². The molecule has 0 saturated carbocycles. The molecule has 0 aliphatic carbocycles. The Labute approximate surface area is 64.2 Å². The highest BCUT2D eigenvalue weighted by molar-refractivity contribution is 4.65. The minimum absolute atomic E-state index is 0.569. The Bertz CT molecular complexity index is 73.7. The first kappa shape index (κ1) is 9.92. The van der Waals surface area contributed by atoms with Gasteiger partial charge in [0.15, 0.2) is 0 Å². The first-order valence-corrected chi connectivity index (χ1v) is 4.16. The van der Waals surface area contributed by atoms with Gasteiger partial charge in [0.25, 0.3) is 0 Å². The summed E-state index contributed by atoms with van der Waals surface area (Å²) in [5.41, 5.74) is 5.41. The summed E-state index contributed by atoms with van der Waals surface area (Å²) in [6, 6.07) is 1.20. The lowest BCUT2D eigenvalue weighted by molar-refractivity contribution is 0.442. The summed E-state index contributed by atoms with van der Waals surface area (Å²) >= 11 is 0. The molecule has 0 amide bonds. The molecule has 0 bridgehead atoms. The third-order valence-electron chi connectivity index (χ3n) is 1.78. The minimum Gasteiger partial charge on any atom is -0.330 e. The van der Waals surface area contributed by atoms with Gasteiger partial charge in [0.2, 0.25) is 0 Å². The van der Waals surface area contributed by atoms with Crippen molar-refractivity contribution in [3.63, 3.8) is 0 Å². The Hall–Kier alpha value is -0.0800. The molecule has 2 unspecified atom stereocenters. The van der Waals surface area contributed by atoms with Crippen LogP contribution < -0.4 is 11.1 Å². The van der Waals surface area contributed by atoms with Crippen LogP contribution in [0.4, 0.5) is 0 Å². The van der Waals surface area contributed by atoms with Crippen molar-refractivity contribution in [2.75, 3.05) is 6.54 Å². The third-order valence-corrected chi connectivity index (χ3v) is 1.78. The average Bonchev–Trinajstić information content (AvgIpc) is 1.88. The molecule has 2 nitrogen and oxygen atoms in total. The van der Waals surface area contributed by atoms with Crippen LogP contribution in [0.3, 0.4) is 0 Å². The number of hydrogen-bond acceptors (Lipinski definition) is 2. The Kier molecular flexibility index (Phi) is 5.64. The van der Waals surface area contributed by atoms with E-state index in [9.17, 15) is 0 Å². The van der Waals surface area contributed by atoms with Gasteiger partial charge in [0.1, 0.15) is 0 Å². The summed E-state index contributed by atoms with van der Waals surface area (Å²) in [6.45, 7) is 7.35. The minimum atomic E-state index is 0.569. The van der Waals surface area contributed by atoms with Crippen molar-refractivity contribution in [3.05, 3.63) is 0 Å². The second-order valence-corrected chi connectivity index (χ2v) is 2.95. The highest BCUT2D eigenvalue weighted by Crippen LogP contribution is 1.93. The largest absolute Gasteiger partial charge is 0.330 e. The molecular weight excluding hydrogens is 124 g/mol. The zero-order valence-electron chi connectivity index (χ0n) is 7.35. The molecule has 0 rings (SSSR count). The van der Waals surface area contributed by atoms with Crippen LogP contribution >= 0.6 is 0 Å². The van der Waals surface area contributed by atoms with Crippen LogP contribution in [0.1, 0.15) is 33.6 Å². The van der Waals surface area contributed by atoms with Crippen LogP contribution in [0.15, 0.2) is 0 Å². The number of nitrogens with two attached hydrogens (primary N) is 1. The maximum Gasteiger partial charge on any atom is 0.00532 e. The fourth-order valence-electron chi connectivity index (χ4n) is 0.937. The van der Waals surface area contributed by atoms with Crippen LogP contribution in [0.5, 0.6) is 0 Å². The van der Waals surface area contributed by atoms with E-state index in [1.165, 1.54) is 6.42 Å². The van der Waals surface area contributed by atoms with Gasteiger partial charge in [-0.3, -0.25) is 0 Å². The summed E-state index contributed by atoms with van der Waals surface area (Å²) in [5, 5.41) is 3.45. The van der Waals surface area contributed by atoms with Crippen LogP contribution in [0, 0.1) is 0 Å². The summed E-state index contributed by atoms with van der Waals surface area (Å²) in [7, 11) is 0. The monoisotopic (exact) mass is 144 g/mol. The molecule has 2 atom stereocenters. The first-order chi connectivity index (χ1) is 4.70. The van der Waals surface area contributed by atoms with E-state index < -0.39 is 0 Å². The van der Waals surface area contributed by atoms with Gasteiger partial charge in [-0.15, -0.1) is 0 Å². The number of rotatable bonds is 5. The lowest BCUT2D eigenvalue weighted by Crippen LogP contribution is -2.35. The van der Waals surface area contributed by atoms with Crippen molar-refractivity contribution < 1.29 is 0 Å². The summed E-state index contributed by atoms with van der Waals surface area (Å²) in [6.07, 6.45) is 2.26. The SMILES string of the molecule is CCC(C)NC(C)CCN. The fourth-order valence-corrected chi connectivity index (χ4v) is 0.937. The number of nitrogens with one attached hydrogen (secondary N) is 1. The van der Waals surface area contributed by atoms with Gasteiger partial charge in [-0.05, 0) is 33.2 Å². The molecule has 0 fully saturated rings. The van der Waals surface area contributed by atoms with Gasteiger partial charge in [-0.2, -0.15) is 0 Å². The van der Waals surface area contributed by atoms with E-state index in [0.717, 1.165) is 13.0 Å². The molecule has 3 N–H and O–H groups in total. The summed E-state index contributed by atoms with van der Waals surface area (Å²) in [4.78, 5) is 0. The molecule has 0 aromatic rings. The Morgan fingerprint density at radius 3 is 2.30 bits per heavy atom. The quantitative estimate of drug-likeness (QED) is 0.606. The Morgan fingerprint density at radius 1 is 1.30 bits per heavy atom. The molecule has 0 aromatic heterocycles. The molecule has 0 spiro atoms.